The van der Waals surface area contributed by atoms with Crippen LogP contribution in [-0.4, -0.2) is 47.5 Å². The smallest absolute Gasteiger partial charge is 0.465 e. The lowest BCUT2D eigenvalue weighted by Crippen LogP contribution is -2.51. The van der Waals surface area contributed by atoms with Crippen molar-refractivity contribution in [2.75, 3.05) is 6.61 Å². The van der Waals surface area contributed by atoms with Gasteiger partial charge in [0, 0.05) is 12.3 Å². The second-order valence-electron chi connectivity index (χ2n) is 14.1. The molecule has 6 rings (SSSR count). The molecular weight excluding hydrogens is 663 g/mol. The zero-order valence-electron chi connectivity index (χ0n) is 30.0. The predicted molar refractivity (Wildman–Crippen MR) is 206 cm³/mol. The van der Waals surface area contributed by atoms with Gasteiger partial charge in [-0.3, -0.25) is 14.4 Å². The summed E-state index contributed by atoms with van der Waals surface area (Å²) in [4.78, 5) is 42.0. The molecule has 2 amide bonds. The first-order valence-electron chi connectivity index (χ1n) is 18.1. The van der Waals surface area contributed by atoms with Crippen LogP contribution in [0.3, 0.4) is 0 Å². The van der Waals surface area contributed by atoms with E-state index >= 15 is 0 Å². The van der Waals surface area contributed by atoms with E-state index in [9.17, 15) is 24.4 Å². The lowest BCUT2D eigenvalue weighted by Gasteiger charge is -2.37. The van der Waals surface area contributed by atoms with E-state index in [4.69, 9.17) is 4.74 Å². The van der Waals surface area contributed by atoms with Crippen LogP contribution in [0.1, 0.15) is 66.8 Å². The third kappa shape index (κ3) is 8.43. The highest BCUT2D eigenvalue weighted by atomic mass is 16.5. The van der Waals surface area contributed by atoms with Gasteiger partial charge in [0.2, 0.25) is 11.8 Å². The van der Waals surface area contributed by atoms with Crippen molar-refractivity contribution in [2.24, 2.45) is 11.8 Å². The van der Waals surface area contributed by atoms with Gasteiger partial charge in [-0.1, -0.05) is 153 Å². The van der Waals surface area contributed by atoms with Crippen LogP contribution in [0, 0.1) is 11.8 Å². The van der Waals surface area contributed by atoms with Crippen LogP contribution >= 0.6 is 0 Å². The third-order valence-corrected chi connectivity index (χ3v) is 9.95. The van der Waals surface area contributed by atoms with Crippen LogP contribution in [0.15, 0.2) is 140 Å². The van der Waals surface area contributed by atoms with E-state index in [-0.39, 0.29) is 37.7 Å². The molecule has 2 atom stereocenters. The van der Waals surface area contributed by atoms with Gasteiger partial charge in [0.25, 0.3) is 0 Å². The Hall–Kier alpha value is -5.51. The molecule has 8 nitrogen and oxygen atoms in total. The Bertz CT molecular complexity index is 1860. The standard InChI is InChI=1S/C44H45BN2O6/c1-30(2)26-40(45(51)52)46-43(50)31(28-42(49)53-29-39-37-24-14-12-22-35(37)36-23-13-15-25-38(36)39)27-41(48)47-44(32-16-6-3-7-17-32,33-18-8-4-9-19-33)34-20-10-5-11-21-34/h3-25,30-31,39-40,51-52H,26-29H2,1-2H3,(H,46,50)(H,47,48)/t31-,40+/m1/s1. The highest BCUT2D eigenvalue weighted by Gasteiger charge is 2.40. The number of nitrogens with one attached hydrogen (secondary N) is 2. The Kier molecular flexibility index (Phi) is 11.9. The molecule has 0 unspecified atom stereocenters. The number of hydrogen-bond acceptors (Lipinski definition) is 6. The van der Waals surface area contributed by atoms with Gasteiger partial charge in [-0.25, -0.2) is 0 Å². The molecule has 1 aliphatic rings. The number of amides is 2. The van der Waals surface area contributed by atoms with Gasteiger partial charge in [-0.05, 0) is 51.3 Å². The average Bonchev–Trinajstić information content (AvgIpc) is 3.49. The summed E-state index contributed by atoms with van der Waals surface area (Å²) in [5.41, 5.74) is 5.60. The maximum Gasteiger partial charge on any atom is 0.475 e. The molecule has 0 fully saturated rings. The van der Waals surface area contributed by atoms with Crippen molar-refractivity contribution in [2.45, 2.75) is 50.5 Å². The van der Waals surface area contributed by atoms with Crippen molar-refractivity contribution in [3.63, 3.8) is 0 Å². The topological polar surface area (TPSA) is 125 Å². The van der Waals surface area contributed by atoms with Crippen LogP contribution in [0.25, 0.3) is 11.1 Å². The monoisotopic (exact) mass is 708 g/mol. The number of ether oxygens (including phenoxy) is 1. The second-order valence-corrected chi connectivity index (χ2v) is 14.1. The molecule has 0 saturated heterocycles. The summed E-state index contributed by atoms with van der Waals surface area (Å²) in [6.45, 7) is 3.87. The fourth-order valence-electron chi connectivity index (χ4n) is 7.46. The second kappa shape index (κ2) is 16.9. The SMILES string of the molecule is CC(C)C[C@H](NC(=O)[C@H](CC(=O)NC(c1ccccc1)(c1ccccc1)c1ccccc1)CC(=O)OCC1c2ccccc2-c2ccccc21)B(O)O. The average molecular weight is 709 g/mol. The van der Waals surface area contributed by atoms with Crippen molar-refractivity contribution in [3.8, 4) is 11.1 Å². The Morgan fingerprint density at radius 3 is 1.58 bits per heavy atom. The van der Waals surface area contributed by atoms with Gasteiger partial charge in [0.15, 0.2) is 0 Å². The van der Waals surface area contributed by atoms with Gasteiger partial charge in [-0.2, -0.15) is 0 Å². The maximum atomic E-state index is 14.4. The maximum absolute atomic E-state index is 14.4. The lowest BCUT2D eigenvalue weighted by molar-refractivity contribution is -0.147. The summed E-state index contributed by atoms with van der Waals surface area (Å²) in [6.07, 6.45) is -0.465. The summed E-state index contributed by atoms with van der Waals surface area (Å²) in [6, 6.07) is 44.9. The molecule has 1 aliphatic carbocycles. The summed E-state index contributed by atoms with van der Waals surface area (Å²) < 4.78 is 5.88. The van der Waals surface area contributed by atoms with Crippen LogP contribution < -0.4 is 10.6 Å². The minimum Gasteiger partial charge on any atom is -0.465 e. The van der Waals surface area contributed by atoms with E-state index in [1.54, 1.807) is 0 Å². The molecule has 270 valence electrons. The summed E-state index contributed by atoms with van der Waals surface area (Å²) in [5, 5.41) is 26.2. The molecule has 0 heterocycles. The highest BCUT2D eigenvalue weighted by Crippen LogP contribution is 2.44. The Labute approximate surface area is 311 Å². The van der Waals surface area contributed by atoms with Gasteiger partial charge >= 0.3 is 13.1 Å². The molecule has 0 radical (unpaired) electrons. The van der Waals surface area contributed by atoms with Crippen molar-refractivity contribution in [1.82, 2.24) is 10.6 Å². The Morgan fingerprint density at radius 1 is 0.679 bits per heavy atom. The minimum atomic E-state index is -1.83. The molecule has 0 aromatic heterocycles. The normalized spacial score (nSPS) is 13.4. The molecule has 0 bridgehead atoms. The van der Waals surface area contributed by atoms with Crippen LogP contribution in [0.5, 0.6) is 0 Å². The quantitative estimate of drug-likeness (QED) is 0.0568. The number of fused-ring (bicyclic) bond motifs is 3. The van der Waals surface area contributed by atoms with Crippen LogP contribution in [-0.2, 0) is 24.7 Å². The summed E-state index contributed by atoms with van der Waals surface area (Å²) in [5.74, 6) is -4.05. The lowest BCUT2D eigenvalue weighted by atomic mass is 9.74. The first-order chi connectivity index (χ1) is 25.7. The van der Waals surface area contributed by atoms with Crippen molar-refractivity contribution in [1.29, 1.82) is 0 Å². The molecule has 0 spiro atoms. The van der Waals surface area contributed by atoms with Crippen molar-refractivity contribution in [3.05, 3.63) is 167 Å². The number of benzene rings is 5. The summed E-state index contributed by atoms with van der Waals surface area (Å²) in [7, 11) is -1.83. The van der Waals surface area contributed by atoms with Crippen LogP contribution in [0.4, 0.5) is 0 Å². The number of esters is 1. The highest BCUT2D eigenvalue weighted by molar-refractivity contribution is 6.43. The van der Waals surface area contributed by atoms with Crippen molar-refractivity contribution < 1.29 is 29.2 Å². The van der Waals surface area contributed by atoms with E-state index in [0.29, 0.717) is 0 Å². The van der Waals surface area contributed by atoms with Gasteiger partial charge < -0.3 is 25.4 Å². The largest absolute Gasteiger partial charge is 0.475 e. The van der Waals surface area contributed by atoms with Gasteiger partial charge in [0.05, 0.1) is 18.3 Å². The number of carbonyl (C=O) groups excluding carboxylic acids is 3. The summed E-state index contributed by atoms with van der Waals surface area (Å²) >= 11 is 0. The minimum absolute atomic E-state index is 0.0363. The number of carbonyl (C=O) groups is 3. The molecule has 5 aromatic carbocycles. The van der Waals surface area contributed by atoms with E-state index in [0.717, 1.165) is 38.9 Å². The van der Waals surface area contributed by atoms with Crippen LogP contribution in [0.2, 0.25) is 0 Å². The van der Waals surface area contributed by atoms with E-state index in [1.165, 1.54) is 0 Å². The molecule has 9 heteroatoms. The molecule has 0 saturated carbocycles. The van der Waals surface area contributed by atoms with Gasteiger partial charge in [0.1, 0.15) is 12.1 Å². The zero-order valence-corrected chi connectivity index (χ0v) is 30.0. The molecule has 0 aliphatic heterocycles. The fourth-order valence-corrected chi connectivity index (χ4v) is 7.46. The zero-order chi connectivity index (χ0) is 37.4. The first kappa shape index (κ1) is 37.3. The Morgan fingerprint density at radius 2 is 1.13 bits per heavy atom. The Balaban J connectivity index is 1.28. The molecule has 53 heavy (non-hydrogen) atoms. The fraction of sp³-hybridized carbons (Fsp3) is 0.250. The number of rotatable bonds is 15. The molecule has 5 aromatic rings. The van der Waals surface area contributed by atoms with E-state index in [1.807, 2.05) is 141 Å². The molecule has 4 N–H and O–H groups in total. The van der Waals surface area contributed by atoms with Gasteiger partial charge in [-0.15, -0.1) is 0 Å². The third-order valence-electron chi connectivity index (χ3n) is 9.95. The van der Waals surface area contributed by atoms with E-state index < -0.39 is 42.3 Å². The molecular formula is C44H45BN2O6. The van der Waals surface area contributed by atoms with Crippen molar-refractivity contribution >= 4 is 24.9 Å². The predicted octanol–water partition coefficient (Wildman–Crippen LogP) is 6.39. The number of hydrogen-bond donors (Lipinski definition) is 4. The van der Waals surface area contributed by atoms with E-state index in [2.05, 4.69) is 22.8 Å². The first-order valence-corrected chi connectivity index (χ1v) is 18.1.